The van der Waals surface area contributed by atoms with Crippen molar-refractivity contribution >= 4 is 12.0 Å². The second-order valence-electron chi connectivity index (χ2n) is 10.3. The lowest BCUT2D eigenvalue weighted by molar-refractivity contribution is -0.117. The van der Waals surface area contributed by atoms with Crippen LogP contribution in [0.1, 0.15) is 65.7 Å². The number of hydrogen-bond acceptors (Lipinski definition) is 2. The molecule has 0 spiro atoms. The fourth-order valence-electron chi connectivity index (χ4n) is 8.81. The van der Waals surface area contributed by atoms with E-state index in [2.05, 4.69) is 20.8 Å². The summed E-state index contributed by atoms with van der Waals surface area (Å²) in [7, 11) is 0. The lowest BCUT2D eigenvalue weighted by atomic mass is 9.45. The van der Waals surface area contributed by atoms with Crippen LogP contribution in [0.2, 0.25) is 0 Å². The van der Waals surface area contributed by atoms with E-state index in [0.29, 0.717) is 23.0 Å². The van der Waals surface area contributed by atoms with E-state index < -0.39 is 0 Å². The summed E-state index contributed by atoms with van der Waals surface area (Å²) < 4.78 is 0. The van der Waals surface area contributed by atoms with E-state index in [1.165, 1.54) is 24.8 Å². The Morgan fingerprint density at radius 1 is 1.32 bits per heavy atom. The molecule has 4 fully saturated rings. The Morgan fingerprint density at radius 2 is 2.12 bits per heavy atom. The highest BCUT2D eigenvalue weighted by Crippen LogP contribution is 2.79. The van der Waals surface area contributed by atoms with Crippen molar-refractivity contribution in [2.75, 3.05) is 0 Å². The van der Waals surface area contributed by atoms with Crippen LogP contribution in [0.3, 0.4) is 0 Å². The van der Waals surface area contributed by atoms with Crippen LogP contribution in [0, 0.1) is 57.7 Å². The number of fused-ring (bicyclic) bond motifs is 7. The van der Waals surface area contributed by atoms with E-state index >= 15 is 0 Å². The molecule has 4 saturated carbocycles. The Bertz CT molecular complexity index is 665. The third-order valence-corrected chi connectivity index (χ3v) is 9.77. The molecule has 0 aromatic heterocycles. The van der Waals surface area contributed by atoms with Crippen molar-refractivity contribution in [3.63, 3.8) is 0 Å². The van der Waals surface area contributed by atoms with Crippen molar-refractivity contribution in [1.29, 1.82) is 5.41 Å². The van der Waals surface area contributed by atoms with Gasteiger partial charge in [0.2, 0.25) is 0 Å². The monoisotopic (exact) mass is 339 g/mol. The average Bonchev–Trinajstić information content (AvgIpc) is 3.33. The molecule has 5 aliphatic carbocycles. The molecule has 2 nitrogen and oxygen atoms in total. The topological polar surface area (TPSA) is 40.9 Å². The van der Waals surface area contributed by atoms with E-state index in [1.807, 2.05) is 12.3 Å². The van der Waals surface area contributed by atoms with Gasteiger partial charge in [-0.2, -0.15) is 0 Å². The number of nitrogens with one attached hydrogen (secondary N) is 1. The van der Waals surface area contributed by atoms with Gasteiger partial charge in [-0.1, -0.05) is 26.3 Å². The summed E-state index contributed by atoms with van der Waals surface area (Å²) in [5, 5.41) is 8.33. The molecule has 9 atom stereocenters. The van der Waals surface area contributed by atoms with Crippen molar-refractivity contribution < 1.29 is 4.79 Å². The zero-order chi connectivity index (χ0) is 17.6. The van der Waals surface area contributed by atoms with Crippen molar-refractivity contribution in [2.24, 2.45) is 52.3 Å². The fourth-order valence-corrected chi connectivity index (χ4v) is 8.81. The Labute approximate surface area is 152 Å². The van der Waals surface area contributed by atoms with Gasteiger partial charge in [0.1, 0.15) is 0 Å². The van der Waals surface area contributed by atoms with Crippen molar-refractivity contribution in [3.8, 4) is 0 Å². The van der Waals surface area contributed by atoms with E-state index in [1.54, 1.807) is 0 Å². The minimum Gasteiger partial charge on any atom is -0.312 e. The quantitative estimate of drug-likeness (QED) is 0.684. The largest absolute Gasteiger partial charge is 0.312 e. The molecule has 1 N–H and O–H groups in total. The molecule has 0 amide bonds. The molecule has 5 aliphatic rings. The molecule has 0 saturated heterocycles. The minimum absolute atomic E-state index is 0.172. The lowest BCUT2D eigenvalue weighted by Gasteiger charge is -2.59. The van der Waals surface area contributed by atoms with Crippen LogP contribution >= 0.6 is 0 Å². The SMILES string of the molecule is CC[C@]1(C=N)[C@H]2C[C@H]2[C@H]2[C@H]3[C@H](CC[C@@]21C)[C@H]1CCC(=O)C=C1C[C@@H]3C. The average molecular weight is 340 g/mol. The van der Waals surface area contributed by atoms with Gasteiger partial charge in [-0.3, -0.25) is 4.79 Å². The Kier molecular flexibility index (Phi) is 3.30. The Balaban J connectivity index is 1.55. The summed E-state index contributed by atoms with van der Waals surface area (Å²) in [6.07, 6.45) is 12.1. The molecule has 25 heavy (non-hydrogen) atoms. The van der Waals surface area contributed by atoms with Crippen LogP contribution in [0.15, 0.2) is 11.6 Å². The predicted octanol–water partition coefficient (Wildman–Crippen LogP) is 5.28. The van der Waals surface area contributed by atoms with Gasteiger partial charge in [0.25, 0.3) is 0 Å². The fraction of sp³-hybridized carbons (Fsp3) is 0.826. The van der Waals surface area contributed by atoms with Crippen LogP contribution in [-0.4, -0.2) is 12.0 Å². The summed E-state index contributed by atoms with van der Waals surface area (Å²) in [5.41, 5.74) is 2.01. The van der Waals surface area contributed by atoms with Gasteiger partial charge in [-0.15, -0.1) is 0 Å². The van der Waals surface area contributed by atoms with Crippen LogP contribution in [-0.2, 0) is 4.79 Å². The van der Waals surface area contributed by atoms with E-state index in [4.69, 9.17) is 5.41 Å². The first-order valence-electron chi connectivity index (χ1n) is 10.7. The maximum atomic E-state index is 11.9. The minimum atomic E-state index is 0.172. The van der Waals surface area contributed by atoms with Crippen LogP contribution in [0.25, 0.3) is 0 Å². The van der Waals surface area contributed by atoms with E-state index in [9.17, 15) is 4.79 Å². The second-order valence-corrected chi connectivity index (χ2v) is 10.3. The normalized spacial score (nSPS) is 56.2. The lowest BCUT2D eigenvalue weighted by Crippen LogP contribution is -2.54. The molecule has 0 aliphatic heterocycles. The molecule has 0 bridgehead atoms. The molecule has 0 aromatic carbocycles. The number of ketones is 1. The van der Waals surface area contributed by atoms with Gasteiger partial charge < -0.3 is 5.41 Å². The standard InChI is InChI=1S/C23H33NO/c1-4-23(12-24)19-11-18(19)21-20-13(2)9-14-10-15(25)5-6-16(14)17(20)7-8-22(21,23)3/h10,12-13,16-21,24H,4-9,11H2,1-3H3/t13-,16-,17+,18+,19-,20+,21-,22-,23-/m0/s1. The zero-order valence-corrected chi connectivity index (χ0v) is 16.1. The second kappa shape index (κ2) is 5.08. The Hall–Kier alpha value is -0.920. The first-order chi connectivity index (χ1) is 12.0. The molecular weight excluding hydrogens is 306 g/mol. The van der Waals surface area contributed by atoms with Crippen LogP contribution < -0.4 is 0 Å². The van der Waals surface area contributed by atoms with Gasteiger partial charge in [0, 0.05) is 18.1 Å². The summed E-state index contributed by atoms with van der Waals surface area (Å²) in [6, 6.07) is 0. The Morgan fingerprint density at radius 3 is 2.84 bits per heavy atom. The third kappa shape index (κ3) is 1.82. The van der Waals surface area contributed by atoms with Gasteiger partial charge in [-0.05, 0) is 91.4 Å². The molecule has 0 unspecified atom stereocenters. The third-order valence-electron chi connectivity index (χ3n) is 9.77. The highest BCUT2D eigenvalue weighted by Gasteiger charge is 2.74. The van der Waals surface area contributed by atoms with Crippen LogP contribution in [0.4, 0.5) is 0 Å². The number of carbonyl (C=O) groups is 1. The number of allylic oxidation sites excluding steroid dienone is 1. The smallest absolute Gasteiger partial charge is 0.155 e. The first-order valence-corrected chi connectivity index (χ1v) is 10.7. The summed E-state index contributed by atoms with van der Waals surface area (Å²) in [4.78, 5) is 11.9. The van der Waals surface area contributed by atoms with E-state index in [-0.39, 0.29) is 5.41 Å². The van der Waals surface area contributed by atoms with Gasteiger partial charge in [0.15, 0.2) is 5.78 Å². The van der Waals surface area contributed by atoms with Crippen molar-refractivity contribution in [3.05, 3.63) is 11.6 Å². The first kappa shape index (κ1) is 16.3. The zero-order valence-electron chi connectivity index (χ0n) is 16.1. The van der Waals surface area contributed by atoms with Gasteiger partial charge in [-0.25, -0.2) is 0 Å². The van der Waals surface area contributed by atoms with Gasteiger partial charge >= 0.3 is 0 Å². The highest BCUT2D eigenvalue weighted by molar-refractivity contribution is 5.91. The number of rotatable bonds is 2. The maximum Gasteiger partial charge on any atom is 0.155 e. The highest BCUT2D eigenvalue weighted by atomic mass is 16.1. The van der Waals surface area contributed by atoms with E-state index in [0.717, 1.165) is 55.3 Å². The summed E-state index contributed by atoms with van der Waals surface area (Å²) >= 11 is 0. The molecule has 0 radical (unpaired) electrons. The summed E-state index contributed by atoms with van der Waals surface area (Å²) in [6.45, 7) is 7.35. The molecule has 0 aromatic rings. The summed E-state index contributed by atoms with van der Waals surface area (Å²) in [5.74, 6) is 5.91. The number of hydrogen-bond donors (Lipinski definition) is 1. The van der Waals surface area contributed by atoms with Gasteiger partial charge in [0.05, 0.1) is 0 Å². The molecule has 136 valence electrons. The molecule has 2 heteroatoms. The number of carbonyl (C=O) groups excluding carboxylic acids is 1. The van der Waals surface area contributed by atoms with Crippen molar-refractivity contribution in [1.82, 2.24) is 0 Å². The maximum absolute atomic E-state index is 11.9. The van der Waals surface area contributed by atoms with Crippen molar-refractivity contribution in [2.45, 2.75) is 65.7 Å². The molecule has 5 rings (SSSR count). The molecular formula is C23H33NO. The van der Waals surface area contributed by atoms with Crippen LogP contribution in [0.5, 0.6) is 0 Å². The molecule has 0 heterocycles. The predicted molar refractivity (Wildman–Crippen MR) is 101 cm³/mol.